The van der Waals surface area contributed by atoms with Crippen LogP contribution in [0, 0.1) is 0 Å². The van der Waals surface area contributed by atoms with E-state index < -0.39 is 0 Å². The molecule has 8 heteroatoms. The highest BCUT2D eigenvalue weighted by Crippen LogP contribution is 2.25. The summed E-state index contributed by atoms with van der Waals surface area (Å²) in [5.74, 6) is 1.42. The smallest absolute Gasteiger partial charge is 0.244 e. The number of hydrogen-bond acceptors (Lipinski definition) is 8. The third kappa shape index (κ3) is 2.47. The van der Waals surface area contributed by atoms with Gasteiger partial charge >= 0.3 is 0 Å². The molecule has 1 saturated heterocycles. The summed E-state index contributed by atoms with van der Waals surface area (Å²) < 4.78 is 15.6. The lowest BCUT2D eigenvalue weighted by molar-refractivity contribution is 0.116. The van der Waals surface area contributed by atoms with E-state index in [1.165, 1.54) is 6.33 Å². The zero-order chi connectivity index (χ0) is 13.9. The molecule has 0 radical (unpaired) electrons. The maximum absolute atomic E-state index is 5.30. The van der Waals surface area contributed by atoms with Gasteiger partial charge in [-0.25, -0.2) is 9.97 Å². The van der Waals surface area contributed by atoms with Crippen molar-refractivity contribution in [2.24, 2.45) is 0 Å². The standard InChI is InChI=1S/C12H15N5O3/c1-18-7-3-9(13-5-7)12-16-11(17-20-12)8-4-10(19-2)15-6-14-8/h4,6-7,9,13H,3,5H2,1-2H3/t7-,9+/m0/s1. The molecule has 0 saturated carbocycles. The summed E-state index contributed by atoms with van der Waals surface area (Å²) in [6.07, 6.45) is 2.39. The Bertz CT molecular complexity index is 588. The molecular weight excluding hydrogens is 262 g/mol. The molecule has 8 nitrogen and oxygen atoms in total. The van der Waals surface area contributed by atoms with Gasteiger partial charge in [-0.1, -0.05) is 5.16 Å². The van der Waals surface area contributed by atoms with Crippen LogP contribution in [0.4, 0.5) is 0 Å². The number of methoxy groups -OCH3 is 2. The minimum atomic E-state index is 0.0185. The summed E-state index contributed by atoms with van der Waals surface area (Å²) in [6, 6.07) is 1.68. The molecule has 0 bridgehead atoms. The minimum Gasteiger partial charge on any atom is -0.481 e. The summed E-state index contributed by atoms with van der Waals surface area (Å²) in [7, 11) is 3.24. The van der Waals surface area contributed by atoms with E-state index in [4.69, 9.17) is 14.0 Å². The third-order valence-corrected chi connectivity index (χ3v) is 3.24. The Morgan fingerprint density at radius 3 is 3.00 bits per heavy atom. The van der Waals surface area contributed by atoms with Crippen LogP contribution in [-0.2, 0) is 4.74 Å². The zero-order valence-corrected chi connectivity index (χ0v) is 11.2. The first-order valence-electron chi connectivity index (χ1n) is 6.26. The topological polar surface area (TPSA) is 95.2 Å². The summed E-state index contributed by atoms with van der Waals surface area (Å²) >= 11 is 0. The van der Waals surface area contributed by atoms with Crippen molar-refractivity contribution in [1.82, 2.24) is 25.4 Å². The third-order valence-electron chi connectivity index (χ3n) is 3.24. The van der Waals surface area contributed by atoms with Crippen LogP contribution in [0.5, 0.6) is 5.88 Å². The lowest BCUT2D eigenvalue weighted by Crippen LogP contribution is -2.16. The fourth-order valence-corrected chi connectivity index (χ4v) is 2.13. The molecule has 0 unspecified atom stereocenters. The van der Waals surface area contributed by atoms with Gasteiger partial charge in [-0.3, -0.25) is 0 Å². The molecule has 20 heavy (non-hydrogen) atoms. The van der Waals surface area contributed by atoms with Gasteiger partial charge in [0.1, 0.15) is 12.0 Å². The molecule has 1 aliphatic heterocycles. The second kappa shape index (κ2) is 5.51. The molecular formula is C12H15N5O3. The largest absolute Gasteiger partial charge is 0.481 e. The van der Waals surface area contributed by atoms with Crippen LogP contribution in [0.25, 0.3) is 11.5 Å². The van der Waals surface area contributed by atoms with Crippen LogP contribution in [0.3, 0.4) is 0 Å². The first-order chi connectivity index (χ1) is 9.80. The van der Waals surface area contributed by atoms with E-state index in [1.54, 1.807) is 20.3 Å². The van der Waals surface area contributed by atoms with Gasteiger partial charge in [0, 0.05) is 19.7 Å². The van der Waals surface area contributed by atoms with Crippen molar-refractivity contribution < 1.29 is 14.0 Å². The predicted molar refractivity (Wildman–Crippen MR) is 68.0 cm³/mol. The molecule has 1 aliphatic rings. The Morgan fingerprint density at radius 1 is 1.35 bits per heavy atom. The van der Waals surface area contributed by atoms with Crippen molar-refractivity contribution in [2.45, 2.75) is 18.6 Å². The number of hydrogen-bond donors (Lipinski definition) is 1. The van der Waals surface area contributed by atoms with Crippen LogP contribution in [0.2, 0.25) is 0 Å². The number of aromatic nitrogens is 4. The maximum Gasteiger partial charge on any atom is 0.244 e. The lowest BCUT2D eigenvalue weighted by atomic mass is 10.2. The summed E-state index contributed by atoms with van der Waals surface area (Å²) in [5, 5.41) is 7.23. The molecule has 3 heterocycles. The van der Waals surface area contributed by atoms with Crippen molar-refractivity contribution in [3.63, 3.8) is 0 Å². The molecule has 1 fully saturated rings. The fourth-order valence-electron chi connectivity index (χ4n) is 2.13. The first-order valence-corrected chi connectivity index (χ1v) is 6.26. The quantitative estimate of drug-likeness (QED) is 0.867. The predicted octanol–water partition coefficient (Wildman–Crippen LogP) is 0.585. The Labute approximate surface area is 115 Å². The monoisotopic (exact) mass is 277 g/mol. The fraction of sp³-hybridized carbons (Fsp3) is 0.500. The van der Waals surface area contributed by atoms with Crippen LogP contribution < -0.4 is 10.1 Å². The van der Waals surface area contributed by atoms with Gasteiger partial charge in [-0.2, -0.15) is 4.98 Å². The van der Waals surface area contributed by atoms with Gasteiger partial charge in [0.25, 0.3) is 0 Å². The van der Waals surface area contributed by atoms with E-state index in [9.17, 15) is 0 Å². The molecule has 0 aromatic carbocycles. The SMILES string of the molecule is COc1cc(-c2noc([C@H]3C[C@H](OC)CN3)n2)ncn1. The van der Waals surface area contributed by atoms with Crippen molar-refractivity contribution >= 4 is 0 Å². The highest BCUT2D eigenvalue weighted by molar-refractivity contribution is 5.49. The molecule has 1 N–H and O–H groups in total. The number of ether oxygens (including phenoxy) is 2. The van der Waals surface area contributed by atoms with Gasteiger partial charge in [-0.15, -0.1) is 0 Å². The van der Waals surface area contributed by atoms with Gasteiger partial charge < -0.3 is 19.3 Å². The number of rotatable bonds is 4. The normalized spacial score (nSPS) is 22.1. The molecule has 0 amide bonds. The van der Waals surface area contributed by atoms with Gasteiger partial charge in [0.2, 0.25) is 17.6 Å². The van der Waals surface area contributed by atoms with Crippen molar-refractivity contribution in [3.05, 3.63) is 18.3 Å². The number of nitrogens with one attached hydrogen (secondary N) is 1. The summed E-state index contributed by atoms with van der Waals surface area (Å²) in [5.41, 5.74) is 0.563. The van der Waals surface area contributed by atoms with Crippen molar-refractivity contribution in [1.29, 1.82) is 0 Å². The second-order valence-corrected chi connectivity index (χ2v) is 4.46. The first kappa shape index (κ1) is 12.9. The Morgan fingerprint density at radius 2 is 2.25 bits per heavy atom. The van der Waals surface area contributed by atoms with Crippen LogP contribution in [0.15, 0.2) is 16.9 Å². The van der Waals surface area contributed by atoms with Gasteiger partial charge in [0.15, 0.2) is 0 Å². The Kier molecular flexibility index (Phi) is 3.57. The van der Waals surface area contributed by atoms with E-state index in [1.807, 2.05) is 0 Å². The maximum atomic E-state index is 5.30. The Hall–Kier alpha value is -2.06. The van der Waals surface area contributed by atoms with Gasteiger partial charge in [-0.05, 0) is 6.42 Å². The summed E-state index contributed by atoms with van der Waals surface area (Å²) in [4.78, 5) is 12.4. The van der Waals surface area contributed by atoms with E-state index in [0.29, 0.717) is 23.3 Å². The Balaban J connectivity index is 1.79. The highest BCUT2D eigenvalue weighted by atomic mass is 16.5. The van der Waals surface area contributed by atoms with Crippen LogP contribution >= 0.6 is 0 Å². The molecule has 0 spiro atoms. The summed E-state index contributed by atoms with van der Waals surface area (Å²) in [6.45, 7) is 0.778. The molecule has 3 rings (SSSR count). The number of nitrogens with zero attached hydrogens (tertiary/aromatic N) is 4. The van der Waals surface area contributed by atoms with Crippen LogP contribution in [-0.4, -0.2) is 47.0 Å². The molecule has 2 atom stereocenters. The molecule has 0 aliphatic carbocycles. The van der Waals surface area contributed by atoms with Crippen LogP contribution in [0.1, 0.15) is 18.4 Å². The lowest BCUT2D eigenvalue weighted by Gasteiger charge is -2.04. The zero-order valence-electron chi connectivity index (χ0n) is 11.2. The van der Waals surface area contributed by atoms with E-state index in [-0.39, 0.29) is 12.1 Å². The second-order valence-electron chi connectivity index (χ2n) is 4.46. The average molecular weight is 277 g/mol. The van der Waals surface area contributed by atoms with Gasteiger partial charge in [0.05, 0.1) is 19.3 Å². The molecule has 2 aromatic heterocycles. The van der Waals surface area contributed by atoms with E-state index in [2.05, 4.69) is 25.4 Å². The average Bonchev–Trinajstić information content (AvgIpc) is 3.15. The van der Waals surface area contributed by atoms with Crippen molar-refractivity contribution in [2.75, 3.05) is 20.8 Å². The molecule has 106 valence electrons. The molecule has 2 aromatic rings. The minimum absolute atomic E-state index is 0.0185. The van der Waals surface area contributed by atoms with Crippen molar-refractivity contribution in [3.8, 4) is 17.4 Å². The van der Waals surface area contributed by atoms with E-state index in [0.717, 1.165) is 13.0 Å². The highest BCUT2D eigenvalue weighted by Gasteiger charge is 2.29. The van der Waals surface area contributed by atoms with E-state index >= 15 is 0 Å².